The zero-order valence-corrected chi connectivity index (χ0v) is 12.1. The van der Waals surface area contributed by atoms with Crippen molar-refractivity contribution in [3.05, 3.63) is 29.8 Å². The Labute approximate surface area is 121 Å². The lowest BCUT2D eigenvalue weighted by molar-refractivity contribution is -0.134. The molecule has 1 fully saturated rings. The molecule has 112 valence electrons. The second kappa shape index (κ2) is 5.74. The number of piperidine rings is 1. The van der Waals surface area contributed by atoms with Gasteiger partial charge in [0.1, 0.15) is 6.04 Å². The number of benzene rings is 1. The molecule has 1 aromatic carbocycles. The van der Waals surface area contributed by atoms with Gasteiger partial charge in [-0.2, -0.15) is 4.72 Å². The molecule has 8 heteroatoms. The number of hydrogen-bond acceptors (Lipinski definition) is 5. The summed E-state index contributed by atoms with van der Waals surface area (Å²) in [6.07, 6.45) is 0.183. The Morgan fingerprint density at radius 1 is 1.33 bits per heavy atom. The Hall–Kier alpha value is -2.06. The summed E-state index contributed by atoms with van der Waals surface area (Å²) in [6.45, 7) is 1.33. The third-order valence-corrected chi connectivity index (χ3v) is 4.56. The molecule has 7 nitrogen and oxygen atoms in total. The fourth-order valence-electron chi connectivity index (χ4n) is 1.94. The predicted molar refractivity (Wildman–Crippen MR) is 72.9 cm³/mol. The summed E-state index contributed by atoms with van der Waals surface area (Å²) in [5, 5.41) is 2.07. The second-order valence-corrected chi connectivity index (χ2v) is 6.42. The molecule has 2 amide bonds. The van der Waals surface area contributed by atoms with Crippen LogP contribution in [0.2, 0.25) is 0 Å². The van der Waals surface area contributed by atoms with E-state index in [9.17, 15) is 22.8 Å². The van der Waals surface area contributed by atoms with Crippen LogP contribution in [-0.4, -0.2) is 32.1 Å². The molecule has 1 saturated heterocycles. The van der Waals surface area contributed by atoms with E-state index in [1.165, 1.54) is 31.2 Å². The third-order valence-electron chi connectivity index (χ3n) is 3.09. The van der Waals surface area contributed by atoms with E-state index in [1.807, 2.05) is 0 Å². The number of nitrogens with one attached hydrogen (secondary N) is 2. The van der Waals surface area contributed by atoms with Crippen LogP contribution in [0.25, 0.3) is 0 Å². The lowest BCUT2D eigenvalue weighted by Gasteiger charge is -2.21. The van der Waals surface area contributed by atoms with Gasteiger partial charge in [-0.1, -0.05) is 12.1 Å². The summed E-state index contributed by atoms with van der Waals surface area (Å²) >= 11 is 0. The minimum atomic E-state index is -3.94. The zero-order chi connectivity index (χ0) is 15.6. The molecule has 2 N–H and O–H groups in total. The maximum absolute atomic E-state index is 12.2. The Bertz CT molecular complexity index is 711. The van der Waals surface area contributed by atoms with Crippen molar-refractivity contribution in [1.29, 1.82) is 0 Å². The molecule has 0 saturated carbocycles. The van der Waals surface area contributed by atoms with Crippen molar-refractivity contribution in [2.45, 2.75) is 30.7 Å². The molecule has 1 unspecified atom stereocenters. The monoisotopic (exact) mass is 310 g/mol. The number of carbonyl (C=O) groups excluding carboxylic acids is 3. The van der Waals surface area contributed by atoms with Crippen LogP contribution in [0.4, 0.5) is 0 Å². The molecular formula is C13H14N2O5S. The minimum Gasteiger partial charge on any atom is -0.295 e. The number of rotatable bonds is 4. The molecule has 0 radical (unpaired) electrons. The molecular weight excluding hydrogens is 296 g/mol. The van der Waals surface area contributed by atoms with Gasteiger partial charge in [0.25, 0.3) is 0 Å². The SMILES string of the molecule is CC(=O)c1cccc(S(=O)(=O)NC2CCC(=O)NC2=O)c1. The molecule has 1 aliphatic rings. The fraction of sp³-hybridized carbons (Fsp3) is 0.308. The summed E-state index contributed by atoms with van der Waals surface area (Å²) in [4.78, 5) is 33.8. The topological polar surface area (TPSA) is 109 Å². The Morgan fingerprint density at radius 3 is 2.67 bits per heavy atom. The van der Waals surface area contributed by atoms with E-state index in [2.05, 4.69) is 10.0 Å². The van der Waals surface area contributed by atoms with Crippen LogP contribution < -0.4 is 10.0 Å². The van der Waals surface area contributed by atoms with Gasteiger partial charge in [-0.05, 0) is 25.5 Å². The molecule has 2 rings (SSSR count). The minimum absolute atomic E-state index is 0.0758. The maximum Gasteiger partial charge on any atom is 0.244 e. The quantitative estimate of drug-likeness (QED) is 0.599. The van der Waals surface area contributed by atoms with Gasteiger partial charge in [0.15, 0.2) is 5.78 Å². The van der Waals surface area contributed by atoms with Crippen molar-refractivity contribution in [2.24, 2.45) is 0 Å². The number of imide groups is 1. The van der Waals surface area contributed by atoms with Gasteiger partial charge in [-0.15, -0.1) is 0 Å². The van der Waals surface area contributed by atoms with Crippen LogP contribution in [-0.2, 0) is 19.6 Å². The second-order valence-electron chi connectivity index (χ2n) is 4.71. The van der Waals surface area contributed by atoms with Gasteiger partial charge in [0.2, 0.25) is 21.8 Å². The van der Waals surface area contributed by atoms with Gasteiger partial charge >= 0.3 is 0 Å². The van der Waals surface area contributed by atoms with E-state index in [0.29, 0.717) is 0 Å². The number of sulfonamides is 1. The van der Waals surface area contributed by atoms with Crippen molar-refractivity contribution in [1.82, 2.24) is 10.0 Å². The Morgan fingerprint density at radius 2 is 2.05 bits per heavy atom. The number of hydrogen-bond donors (Lipinski definition) is 2. The summed E-state index contributed by atoms with van der Waals surface area (Å²) in [7, 11) is -3.94. The van der Waals surface area contributed by atoms with Crippen molar-refractivity contribution < 1.29 is 22.8 Å². The first-order valence-corrected chi connectivity index (χ1v) is 7.75. The van der Waals surface area contributed by atoms with Crippen molar-refractivity contribution in [3.8, 4) is 0 Å². The molecule has 0 aromatic heterocycles. The number of amides is 2. The first-order valence-electron chi connectivity index (χ1n) is 6.26. The summed E-state index contributed by atoms with van der Waals surface area (Å²) in [5.74, 6) is -1.35. The Kier molecular flexibility index (Phi) is 4.19. The highest BCUT2D eigenvalue weighted by Crippen LogP contribution is 2.14. The van der Waals surface area contributed by atoms with Crippen LogP contribution in [0, 0.1) is 0 Å². The molecule has 1 aromatic rings. The van der Waals surface area contributed by atoms with E-state index in [0.717, 1.165) is 0 Å². The van der Waals surface area contributed by atoms with Crippen LogP contribution in [0.15, 0.2) is 29.2 Å². The van der Waals surface area contributed by atoms with Crippen LogP contribution in [0.5, 0.6) is 0 Å². The van der Waals surface area contributed by atoms with Crippen LogP contribution >= 0.6 is 0 Å². The van der Waals surface area contributed by atoms with Gasteiger partial charge in [0.05, 0.1) is 4.90 Å². The van der Waals surface area contributed by atoms with Gasteiger partial charge < -0.3 is 0 Å². The van der Waals surface area contributed by atoms with E-state index in [1.54, 1.807) is 0 Å². The molecule has 21 heavy (non-hydrogen) atoms. The first kappa shape index (κ1) is 15.3. The zero-order valence-electron chi connectivity index (χ0n) is 11.3. The Balaban J connectivity index is 2.22. The smallest absolute Gasteiger partial charge is 0.244 e. The normalized spacial score (nSPS) is 19.2. The largest absolute Gasteiger partial charge is 0.295 e. The van der Waals surface area contributed by atoms with Gasteiger partial charge in [-0.3, -0.25) is 19.7 Å². The predicted octanol–water partition coefficient (Wildman–Crippen LogP) is -0.0273. The highest BCUT2D eigenvalue weighted by molar-refractivity contribution is 7.89. The lowest BCUT2D eigenvalue weighted by Crippen LogP contribution is -2.52. The van der Waals surface area contributed by atoms with Crippen molar-refractivity contribution in [2.75, 3.05) is 0 Å². The van der Waals surface area contributed by atoms with Gasteiger partial charge in [-0.25, -0.2) is 8.42 Å². The molecule has 1 aliphatic heterocycles. The summed E-state index contributed by atoms with van der Waals surface area (Å²) in [6, 6.07) is 4.55. The average molecular weight is 310 g/mol. The van der Waals surface area contributed by atoms with Crippen LogP contribution in [0.3, 0.4) is 0 Å². The van der Waals surface area contributed by atoms with E-state index >= 15 is 0 Å². The first-order chi connectivity index (χ1) is 9.79. The standard InChI is InChI=1S/C13H14N2O5S/c1-8(16)9-3-2-4-10(7-9)21(19,20)15-11-5-6-12(17)14-13(11)18/h2-4,7,11,15H,5-6H2,1H3,(H,14,17,18). The maximum atomic E-state index is 12.2. The average Bonchev–Trinajstić information content (AvgIpc) is 2.42. The summed E-state index contributed by atoms with van der Waals surface area (Å²) in [5.41, 5.74) is 0.265. The molecule has 1 heterocycles. The fourth-order valence-corrected chi connectivity index (χ4v) is 3.22. The lowest BCUT2D eigenvalue weighted by atomic mass is 10.1. The van der Waals surface area contributed by atoms with Crippen molar-refractivity contribution >= 4 is 27.6 Å². The van der Waals surface area contributed by atoms with E-state index in [4.69, 9.17) is 0 Å². The number of carbonyl (C=O) groups is 3. The highest BCUT2D eigenvalue weighted by atomic mass is 32.2. The highest BCUT2D eigenvalue weighted by Gasteiger charge is 2.30. The molecule has 0 spiro atoms. The number of Topliss-reactive ketones (excluding diaryl/α,β-unsaturated/α-hetero) is 1. The summed E-state index contributed by atoms with van der Waals surface area (Å²) < 4.78 is 26.7. The van der Waals surface area contributed by atoms with E-state index in [-0.39, 0.29) is 29.1 Å². The van der Waals surface area contributed by atoms with Gasteiger partial charge in [0, 0.05) is 12.0 Å². The third kappa shape index (κ3) is 3.53. The molecule has 0 aliphatic carbocycles. The molecule has 1 atom stereocenters. The van der Waals surface area contributed by atoms with Crippen LogP contribution in [0.1, 0.15) is 30.1 Å². The van der Waals surface area contributed by atoms with E-state index < -0.39 is 27.9 Å². The molecule has 0 bridgehead atoms. The number of ketones is 1. The van der Waals surface area contributed by atoms with Crippen molar-refractivity contribution in [3.63, 3.8) is 0 Å².